The number of carbonyl (C=O) groups is 3. The van der Waals surface area contributed by atoms with E-state index in [4.69, 9.17) is 0 Å². The van der Waals surface area contributed by atoms with Crippen molar-refractivity contribution in [1.29, 1.82) is 0 Å². The number of nitrogens with zero attached hydrogens (tertiary/aromatic N) is 2. The molecule has 0 fully saturated rings. The van der Waals surface area contributed by atoms with E-state index in [0.29, 0.717) is 32.5 Å². The first-order chi connectivity index (χ1) is 19.7. The zero-order chi connectivity index (χ0) is 29.8. The number of aromatic nitrogens is 1. The van der Waals surface area contributed by atoms with E-state index < -0.39 is 6.04 Å². The summed E-state index contributed by atoms with van der Waals surface area (Å²) in [5.41, 5.74) is 8.43. The SMILES string of the molecule is CC(N)=O.CN(C)CCC(=O)N(CCc1c[nH]c2ccccc12)C(C(=O)NCc1ccccc1)c1ccccc1Br. The Morgan fingerprint density at radius 1 is 0.927 bits per heavy atom. The van der Waals surface area contributed by atoms with Gasteiger partial charge in [-0.05, 0) is 49.3 Å². The van der Waals surface area contributed by atoms with Crippen molar-refractivity contribution in [2.24, 2.45) is 5.73 Å². The average Bonchev–Trinajstić information content (AvgIpc) is 3.36. The quantitative estimate of drug-likeness (QED) is 0.224. The van der Waals surface area contributed by atoms with Crippen molar-refractivity contribution < 1.29 is 14.4 Å². The molecule has 8 nitrogen and oxygen atoms in total. The third-order valence-corrected chi connectivity index (χ3v) is 7.18. The first-order valence-corrected chi connectivity index (χ1v) is 14.3. The second-order valence-electron chi connectivity index (χ2n) is 9.99. The van der Waals surface area contributed by atoms with E-state index >= 15 is 0 Å². The lowest BCUT2D eigenvalue weighted by atomic mass is 10.0. The minimum atomic E-state index is -0.765. The van der Waals surface area contributed by atoms with E-state index in [1.807, 2.05) is 98.0 Å². The summed E-state index contributed by atoms with van der Waals surface area (Å²) in [4.78, 5) is 43.7. The van der Waals surface area contributed by atoms with Crippen LogP contribution < -0.4 is 11.1 Å². The van der Waals surface area contributed by atoms with Gasteiger partial charge in [0.25, 0.3) is 0 Å². The van der Waals surface area contributed by atoms with Crippen LogP contribution >= 0.6 is 15.9 Å². The van der Waals surface area contributed by atoms with Crippen LogP contribution in [0.15, 0.2) is 89.5 Å². The van der Waals surface area contributed by atoms with E-state index in [0.717, 1.165) is 32.1 Å². The van der Waals surface area contributed by atoms with E-state index in [1.165, 1.54) is 6.92 Å². The Hall–Kier alpha value is -3.95. The number of nitrogens with two attached hydrogens (primary N) is 1. The topological polar surface area (TPSA) is 112 Å². The number of nitrogens with one attached hydrogen (secondary N) is 2. The molecule has 4 aromatic rings. The van der Waals surface area contributed by atoms with Crippen molar-refractivity contribution in [3.8, 4) is 0 Å². The molecule has 1 aromatic heterocycles. The number of para-hydroxylation sites is 1. The van der Waals surface area contributed by atoms with Crippen LogP contribution in [0, 0.1) is 0 Å². The number of carbonyl (C=O) groups excluding carboxylic acids is 3. The Labute approximate surface area is 250 Å². The van der Waals surface area contributed by atoms with Gasteiger partial charge < -0.3 is 25.8 Å². The molecule has 1 atom stereocenters. The predicted octanol–water partition coefficient (Wildman–Crippen LogP) is 4.80. The number of primary amides is 1. The zero-order valence-corrected chi connectivity index (χ0v) is 25.4. The average molecular weight is 621 g/mol. The number of fused-ring (bicyclic) bond motifs is 1. The molecule has 9 heteroatoms. The second kappa shape index (κ2) is 15.7. The number of aromatic amines is 1. The monoisotopic (exact) mass is 619 g/mol. The molecular weight excluding hydrogens is 582 g/mol. The van der Waals surface area contributed by atoms with Crippen molar-refractivity contribution >= 4 is 44.6 Å². The van der Waals surface area contributed by atoms with Gasteiger partial charge in [0, 0.05) is 54.6 Å². The molecule has 0 saturated carbocycles. The molecule has 0 aliphatic carbocycles. The lowest BCUT2D eigenvalue weighted by Crippen LogP contribution is -2.45. The van der Waals surface area contributed by atoms with Gasteiger partial charge in [-0.2, -0.15) is 0 Å². The number of amides is 3. The summed E-state index contributed by atoms with van der Waals surface area (Å²) in [5, 5.41) is 4.21. The highest BCUT2D eigenvalue weighted by atomic mass is 79.9. The largest absolute Gasteiger partial charge is 0.370 e. The molecular formula is C32H38BrN5O3. The van der Waals surface area contributed by atoms with Gasteiger partial charge in [-0.15, -0.1) is 0 Å². The Kier molecular flexibility index (Phi) is 12.1. The van der Waals surface area contributed by atoms with Gasteiger partial charge >= 0.3 is 0 Å². The Balaban J connectivity index is 0.00000108. The van der Waals surface area contributed by atoms with E-state index in [1.54, 1.807) is 4.90 Å². The number of halogens is 1. The highest BCUT2D eigenvalue weighted by Crippen LogP contribution is 2.30. The number of hydrogen-bond acceptors (Lipinski definition) is 4. The molecule has 0 aliphatic rings. The minimum Gasteiger partial charge on any atom is -0.370 e. The van der Waals surface area contributed by atoms with E-state index in [2.05, 4.69) is 38.0 Å². The fraction of sp³-hybridized carbons (Fsp3) is 0.281. The van der Waals surface area contributed by atoms with Gasteiger partial charge in [0.2, 0.25) is 17.7 Å². The molecule has 4 N–H and O–H groups in total. The summed E-state index contributed by atoms with van der Waals surface area (Å²) >= 11 is 3.63. The molecule has 1 unspecified atom stereocenters. The summed E-state index contributed by atoms with van der Waals surface area (Å²) < 4.78 is 0.798. The maximum Gasteiger partial charge on any atom is 0.247 e. The summed E-state index contributed by atoms with van der Waals surface area (Å²) in [7, 11) is 3.89. The smallest absolute Gasteiger partial charge is 0.247 e. The van der Waals surface area contributed by atoms with Gasteiger partial charge in [0.15, 0.2) is 0 Å². The first-order valence-electron chi connectivity index (χ1n) is 13.5. The fourth-order valence-electron chi connectivity index (χ4n) is 4.47. The molecule has 0 saturated heterocycles. The minimum absolute atomic E-state index is 0.0517. The number of H-pyrrole nitrogens is 1. The van der Waals surface area contributed by atoms with Gasteiger partial charge in [-0.1, -0.05) is 82.7 Å². The fourth-order valence-corrected chi connectivity index (χ4v) is 4.97. The zero-order valence-electron chi connectivity index (χ0n) is 23.8. The number of rotatable bonds is 11. The van der Waals surface area contributed by atoms with Crippen LogP contribution in [-0.2, 0) is 27.3 Å². The van der Waals surface area contributed by atoms with Crippen LogP contribution in [0.25, 0.3) is 10.9 Å². The Bertz CT molecular complexity index is 1430. The van der Waals surface area contributed by atoms with Crippen LogP contribution in [0.1, 0.15) is 36.1 Å². The Morgan fingerprint density at radius 3 is 2.24 bits per heavy atom. The van der Waals surface area contributed by atoms with Crippen LogP contribution in [0.4, 0.5) is 0 Å². The van der Waals surface area contributed by atoms with Crippen LogP contribution in [-0.4, -0.2) is 59.7 Å². The normalized spacial score (nSPS) is 11.4. The van der Waals surface area contributed by atoms with Crippen molar-refractivity contribution in [3.63, 3.8) is 0 Å². The van der Waals surface area contributed by atoms with Gasteiger partial charge in [0.1, 0.15) is 6.04 Å². The van der Waals surface area contributed by atoms with Crippen molar-refractivity contribution in [2.45, 2.75) is 32.4 Å². The highest BCUT2D eigenvalue weighted by molar-refractivity contribution is 9.10. The molecule has 0 radical (unpaired) electrons. The molecule has 216 valence electrons. The summed E-state index contributed by atoms with van der Waals surface area (Å²) in [6.07, 6.45) is 2.95. The van der Waals surface area contributed by atoms with Gasteiger partial charge in [-0.25, -0.2) is 0 Å². The second-order valence-corrected chi connectivity index (χ2v) is 10.8. The predicted molar refractivity (Wildman–Crippen MR) is 167 cm³/mol. The van der Waals surface area contributed by atoms with E-state index in [-0.39, 0.29) is 17.7 Å². The molecule has 41 heavy (non-hydrogen) atoms. The third kappa shape index (κ3) is 9.58. The highest BCUT2D eigenvalue weighted by Gasteiger charge is 2.32. The molecule has 3 aromatic carbocycles. The summed E-state index contributed by atoms with van der Waals surface area (Å²) in [6.45, 7) is 2.72. The molecule has 4 rings (SSSR count). The molecule has 0 aliphatic heterocycles. The summed E-state index contributed by atoms with van der Waals surface area (Å²) in [6, 6.07) is 24.8. The van der Waals surface area contributed by atoms with Crippen molar-refractivity contribution in [3.05, 3.63) is 106 Å². The Morgan fingerprint density at radius 2 is 1.56 bits per heavy atom. The molecule has 0 spiro atoms. The lowest BCUT2D eigenvalue weighted by Gasteiger charge is -2.32. The van der Waals surface area contributed by atoms with Crippen LogP contribution in [0.2, 0.25) is 0 Å². The van der Waals surface area contributed by atoms with Gasteiger partial charge in [-0.3, -0.25) is 14.4 Å². The molecule has 3 amide bonds. The first kappa shape index (κ1) is 31.6. The third-order valence-electron chi connectivity index (χ3n) is 6.46. The molecule has 0 bridgehead atoms. The number of hydrogen-bond donors (Lipinski definition) is 3. The maximum atomic E-state index is 13.8. The summed E-state index contributed by atoms with van der Waals surface area (Å²) in [5.74, 6) is -0.586. The van der Waals surface area contributed by atoms with Gasteiger partial charge in [0.05, 0.1) is 0 Å². The van der Waals surface area contributed by atoms with Crippen molar-refractivity contribution in [2.75, 3.05) is 27.2 Å². The molecule has 1 heterocycles. The number of benzene rings is 3. The maximum absolute atomic E-state index is 13.8. The lowest BCUT2D eigenvalue weighted by molar-refractivity contribution is -0.141. The van der Waals surface area contributed by atoms with E-state index in [9.17, 15) is 14.4 Å². The van der Waals surface area contributed by atoms with Crippen LogP contribution in [0.3, 0.4) is 0 Å². The van der Waals surface area contributed by atoms with Crippen molar-refractivity contribution in [1.82, 2.24) is 20.1 Å². The van der Waals surface area contributed by atoms with Crippen LogP contribution in [0.5, 0.6) is 0 Å². The standard InChI is InChI=1S/C30H33BrN4O2.C2H5NO/c1-34(2)18-17-28(36)35(19-16-23-21-32-27-15-9-7-12-24(23)27)29(25-13-6-8-14-26(25)31)30(37)33-20-22-10-4-3-5-11-22;1-2(3)4/h3-15,21,29,32H,16-20H2,1-2H3,(H,33,37);1H3,(H2,3,4).